The Bertz CT molecular complexity index is 818. The second-order valence-corrected chi connectivity index (χ2v) is 4.68. The van der Waals surface area contributed by atoms with Gasteiger partial charge in [0, 0.05) is 5.69 Å². The molecule has 0 spiro atoms. The lowest BCUT2D eigenvalue weighted by Gasteiger charge is -2.08. The van der Waals surface area contributed by atoms with Crippen molar-refractivity contribution in [3.8, 4) is 23.3 Å². The Morgan fingerprint density at radius 3 is 2.42 bits per heavy atom. The van der Waals surface area contributed by atoms with Crippen LogP contribution in [0.1, 0.15) is 15.9 Å². The van der Waals surface area contributed by atoms with E-state index in [1.54, 1.807) is 18.2 Å². The van der Waals surface area contributed by atoms with E-state index in [0.717, 1.165) is 12.1 Å². The number of amides is 1. The summed E-state index contributed by atoms with van der Waals surface area (Å²) in [6.07, 6.45) is 0. The third-order valence-corrected chi connectivity index (χ3v) is 2.92. The molecule has 0 aliphatic rings. The standard InChI is InChI=1S/C16H12N2O6/c17-7-9-2-1-3-11(4-9)18-14(21)8-24-16(23)10-5-12(19)15(22)13(20)6-10/h1-6,19-20,22H,8H2,(H,18,21). The number of ether oxygens (including phenoxy) is 1. The van der Waals surface area contributed by atoms with Crippen molar-refractivity contribution in [1.82, 2.24) is 0 Å². The van der Waals surface area contributed by atoms with E-state index in [2.05, 4.69) is 5.32 Å². The molecule has 0 bridgehead atoms. The maximum atomic E-state index is 11.8. The van der Waals surface area contributed by atoms with Crippen LogP contribution in [0.2, 0.25) is 0 Å². The number of phenols is 3. The predicted octanol–water partition coefficient (Wildman–Crippen LogP) is 1.47. The van der Waals surface area contributed by atoms with Crippen LogP contribution in [0, 0.1) is 11.3 Å². The van der Waals surface area contributed by atoms with Crippen LogP contribution in [0.15, 0.2) is 36.4 Å². The highest BCUT2D eigenvalue weighted by molar-refractivity contribution is 5.96. The van der Waals surface area contributed by atoms with Crippen LogP contribution in [0.25, 0.3) is 0 Å². The van der Waals surface area contributed by atoms with Gasteiger partial charge in [-0.15, -0.1) is 0 Å². The summed E-state index contributed by atoms with van der Waals surface area (Å²) in [7, 11) is 0. The highest BCUT2D eigenvalue weighted by atomic mass is 16.5. The van der Waals surface area contributed by atoms with Gasteiger partial charge in [0.15, 0.2) is 23.9 Å². The summed E-state index contributed by atoms with van der Waals surface area (Å²) in [6, 6.07) is 9.89. The zero-order valence-electron chi connectivity index (χ0n) is 12.2. The van der Waals surface area contributed by atoms with Gasteiger partial charge in [0.1, 0.15) is 0 Å². The molecule has 0 saturated heterocycles. The third kappa shape index (κ3) is 3.92. The predicted molar refractivity (Wildman–Crippen MR) is 81.5 cm³/mol. The number of hydrogen-bond acceptors (Lipinski definition) is 7. The number of anilines is 1. The zero-order valence-corrected chi connectivity index (χ0v) is 12.2. The van der Waals surface area contributed by atoms with Crippen LogP contribution in [0.3, 0.4) is 0 Å². The maximum absolute atomic E-state index is 11.8. The van der Waals surface area contributed by atoms with Gasteiger partial charge in [-0.25, -0.2) is 4.79 Å². The first-order valence-electron chi connectivity index (χ1n) is 6.63. The van der Waals surface area contributed by atoms with E-state index >= 15 is 0 Å². The first kappa shape index (κ1) is 16.6. The fourth-order valence-electron chi connectivity index (χ4n) is 1.80. The minimum atomic E-state index is -0.971. The molecule has 8 nitrogen and oxygen atoms in total. The molecule has 0 atom stereocenters. The van der Waals surface area contributed by atoms with Crippen molar-refractivity contribution in [2.45, 2.75) is 0 Å². The van der Waals surface area contributed by atoms with E-state index in [9.17, 15) is 24.9 Å². The maximum Gasteiger partial charge on any atom is 0.338 e. The molecule has 0 radical (unpaired) electrons. The number of nitrogens with zero attached hydrogens (tertiary/aromatic N) is 1. The molecule has 8 heteroatoms. The number of nitriles is 1. The number of carbonyl (C=O) groups is 2. The Labute approximate surface area is 136 Å². The lowest BCUT2D eigenvalue weighted by Crippen LogP contribution is -2.20. The zero-order chi connectivity index (χ0) is 17.7. The van der Waals surface area contributed by atoms with E-state index in [0.29, 0.717) is 11.3 Å². The van der Waals surface area contributed by atoms with Crippen LogP contribution in [0.4, 0.5) is 5.69 Å². The molecule has 2 aromatic rings. The van der Waals surface area contributed by atoms with Gasteiger partial charge in [-0.05, 0) is 30.3 Å². The molecular weight excluding hydrogens is 316 g/mol. The SMILES string of the molecule is N#Cc1cccc(NC(=O)COC(=O)c2cc(O)c(O)c(O)c2)c1. The van der Waals surface area contributed by atoms with Gasteiger partial charge in [0.2, 0.25) is 0 Å². The number of benzene rings is 2. The Morgan fingerprint density at radius 2 is 1.79 bits per heavy atom. The molecule has 24 heavy (non-hydrogen) atoms. The van der Waals surface area contributed by atoms with Gasteiger partial charge in [-0.2, -0.15) is 5.26 Å². The summed E-state index contributed by atoms with van der Waals surface area (Å²) in [5, 5.41) is 39.1. The number of esters is 1. The summed E-state index contributed by atoms with van der Waals surface area (Å²) in [4.78, 5) is 23.5. The Kier molecular flexibility index (Phi) is 4.87. The molecule has 2 aromatic carbocycles. The van der Waals surface area contributed by atoms with E-state index < -0.39 is 35.7 Å². The first-order chi connectivity index (χ1) is 11.4. The quantitative estimate of drug-likeness (QED) is 0.492. The van der Waals surface area contributed by atoms with Crippen LogP contribution >= 0.6 is 0 Å². The van der Waals surface area contributed by atoms with Gasteiger partial charge in [0.05, 0.1) is 17.2 Å². The molecule has 4 N–H and O–H groups in total. The van der Waals surface area contributed by atoms with Gasteiger partial charge < -0.3 is 25.4 Å². The van der Waals surface area contributed by atoms with Crippen LogP contribution in [-0.4, -0.2) is 33.8 Å². The number of hydrogen-bond donors (Lipinski definition) is 4. The van der Waals surface area contributed by atoms with E-state index in [-0.39, 0.29) is 5.56 Å². The van der Waals surface area contributed by atoms with Crippen molar-refractivity contribution < 1.29 is 29.6 Å². The Morgan fingerprint density at radius 1 is 1.12 bits per heavy atom. The molecule has 1 amide bonds. The Balaban J connectivity index is 1.96. The highest BCUT2D eigenvalue weighted by Gasteiger charge is 2.16. The molecule has 0 aliphatic carbocycles. The number of phenolic OH excluding ortho intramolecular Hbond substituents is 3. The molecule has 0 aliphatic heterocycles. The van der Waals surface area contributed by atoms with Crippen LogP contribution in [-0.2, 0) is 9.53 Å². The Hall–Kier alpha value is -3.73. The van der Waals surface area contributed by atoms with Crippen molar-refractivity contribution >= 4 is 17.6 Å². The summed E-state index contributed by atoms with van der Waals surface area (Å²) in [5.74, 6) is -3.76. The first-order valence-corrected chi connectivity index (χ1v) is 6.63. The molecule has 0 saturated carbocycles. The summed E-state index contributed by atoms with van der Waals surface area (Å²) < 4.78 is 4.75. The largest absolute Gasteiger partial charge is 0.504 e. The van der Waals surface area contributed by atoms with E-state index in [1.165, 1.54) is 6.07 Å². The van der Waals surface area contributed by atoms with Gasteiger partial charge >= 0.3 is 5.97 Å². The summed E-state index contributed by atoms with van der Waals surface area (Å²) in [5.41, 5.74) is 0.497. The smallest absolute Gasteiger partial charge is 0.338 e. The monoisotopic (exact) mass is 328 g/mol. The lowest BCUT2D eigenvalue weighted by atomic mass is 10.2. The average Bonchev–Trinajstić information content (AvgIpc) is 2.57. The number of carbonyl (C=O) groups excluding carboxylic acids is 2. The van der Waals surface area contributed by atoms with E-state index in [4.69, 9.17) is 10.00 Å². The van der Waals surface area contributed by atoms with E-state index in [1.807, 2.05) is 6.07 Å². The second kappa shape index (κ2) is 7.02. The topological polar surface area (TPSA) is 140 Å². The number of rotatable bonds is 4. The van der Waals surface area contributed by atoms with Crippen molar-refractivity contribution in [3.63, 3.8) is 0 Å². The van der Waals surface area contributed by atoms with Gasteiger partial charge in [-0.1, -0.05) is 6.07 Å². The molecule has 2 rings (SSSR count). The van der Waals surface area contributed by atoms with Crippen molar-refractivity contribution in [2.24, 2.45) is 0 Å². The fourth-order valence-corrected chi connectivity index (χ4v) is 1.80. The van der Waals surface area contributed by atoms with Crippen molar-refractivity contribution in [2.75, 3.05) is 11.9 Å². The lowest BCUT2D eigenvalue weighted by molar-refractivity contribution is -0.119. The van der Waals surface area contributed by atoms with Crippen molar-refractivity contribution in [3.05, 3.63) is 47.5 Å². The molecule has 122 valence electrons. The van der Waals surface area contributed by atoms with Gasteiger partial charge in [-0.3, -0.25) is 4.79 Å². The molecule has 0 heterocycles. The molecule has 0 unspecified atom stereocenters. The van der Waals surface area contributed by atoms with Crippen LogP contribution < -0.4 is 5.32 Å². The summed E-state index contributed by atoms with van der Waals surface area (Å²) >= 11 is 0. The van der Waals surface area contributed by atoms with Crippen LogP contribution in [0.5, 0.6) is 17.2 Å². The third-order valence-electron chi connectivity index (χ3n) is 2.92. The van der Waals surface area contributed by atoms with Crippen molar-refractivity contribution in [1.29, 1.82) is 5.26 Å². The minimum Gasteiger partial charge on any atom is -0.504 e. The normalized spacial score (nSPS) is 9.79. The van der Waals surface area contributed by atoms with Gasteiger partial charge in [0.25, 0.3) is 5.91 Å². The molecule has 0 aromatic heterocycles. The number of aromatic hydroxyl groups is 3. The number of nitrogens with one attached hydrogen (secondary N) is 1. The highest BCUT2D eigenvalue weighted by Crippen LogP contribution is 2.35. The fraction of sp³-hybridized carbons (Fsp3) is 0.0625. The minimum absolute atomic E-state index is 0.234. The molecular formula is C16H12N2O6. The second-order valence-electron chi connectivity index (χ2n) is 4.68. The molecule has 0 fully saturated rings. The summed E-state index contributed by atoms with van der Waals surface area (Å²) in [6.45, 7) is -0.613. The average molecular weight is 328 g/mol.